The van der Waals surface area contributed by atoms with Crippen LogP contribution in [0.2, 0.25) is 10.0 Å². The highest BCUT2D eigenvalue weighted by molar-refractivity contribution is 6.37. The second kappa shape index (κ2) is 8.76. The fourth-order valence-electron chi connectivity index (χ4n) is 3.29. The van der Waals surface area contributed by atoms with E-state index in [2.05, 4.69) is 29.6 Å². The van der Waals surface area contributed by atoms with E-state index in [-0.39, 0.29) is 5.91 Å². The molecular formula is C20H23Cl2N2O2+. The van der Waals surface area contributed by atoms with Crippen LogP contribution >= 0.6 is 23.2 Å². The van der Waals surface area contributed by atoms with Crippen LogP contribution in [-0.4, -0.2) is 26.1 Å². The van der Waals surface area contributed by atoms with Gasteiger partial charge in [-0.3, -0.25) is 4.79 Å². The average Bonchev–Trinajstić information content (AvgIpc) is 3.13. The Balaban J connectivity index is 1.57. The van der Waals surface area contributed by atoms with Crippen molar-refractivity contribution in [2.24, 2.45) is 0 Å². The zero-order chi connectivity index (χ0) is 18.5. The average molecular weight is 394 g/mol. The molecule has 1 aliphatic heterocycles. The van der Waals surface area contributed by atoms with Crippen molar-refractivity contribution in [3.05, 3.63) is 63.1 Å². The smallest absolute Gasteiger partial charge is 0.251 e. The molecule has 2 aromatic carbocycles. The van der Waals surface area contributed by atoms with Gasteiger partial charge >= 0.3 is 0 Å². The molecule has 4 nitrogen and oxygen atoms in total. The summed E-state index contributed by atoms with van der Waals surface area (Å²) in [6.45, 7) is 4.07. The van der Waals surface area contributed by atoms with Crippen molar-refractivity contribution in [3.63, 3.8) is 0 Å². The molecule has 1 fully saturated rings. The molecule has 0 aliphatic carbocycles. The minimum Gasteiger partial charge on any atom is -0.494 e. The first-order valence-corrected chi connectivity index (χ1v) is 9.55. The summed E-state index contributed by atoms with van der Waals surface area (Å²) in [7, 11) is 1.49. The van der Waals surface area contributed by atoms with E-state index in [0.29, 0.717) is 27.9 Å². The van der Waals surface area contributed by atoms with Gasteiger partial charge in [-0.15, -0.1) is 0 Å². The zero-order valence-corrected chi connectivity index (χ0v) is 16.3. The number of halogens is 2. The van der Waals surface area contributed by atoms with Crippen molar-refractivity contribution in [2.45, 2.75) is 25.9 Å². The van der Waals surface area contributed by atoms with E-state index in [1.165, 1.54) is 38.6 Å². The third-order valence-corrected chi connectivity index (χ3v) is 5.27. The van der Waals surface area contributed by atoms with Crippen LogP contribution in [0.1, 0.15) is 34.3 Å². The normalized spacial score (nSPS) is 14.4. The van der Waals surface area contributed by atoms with Crippen molar-refractivity contribution in [1.82, 2.24) is 5.32 Å². The van der Waals surface area contributed by atoms with Gasteiger partial charge in [-0.1, -0.05) is 47.5 Å². The van der Waals surface area contributed by atoms with Crippen molar-refractivity contribution >= 4 is 29.1 Å². The molecule has 1 saturated heterocycles. The van der Waals surface area contributed by atoms with Crippen LogP contribution in [0.15, 0.2) is 36.4 Å². The van der Waals surface area contributed by atoms with Crippen LogP contribution in [0.3, 0.4) is 0 Å². The number of carbonyl (C=O) groups is 1. The molecule has 138 valence electrons. The van der Waals surface area contributed by atoms with Gasteiger partial charge in [0.2, 0.25) is 0 Å². The number of methoxy groups -OCH3 is 1. The first-order valence-electron chi connectivity index (χ1n) is 8.79. The third-order valence-electron chi connectivity index (χ3n) is 4.71. The molecular weight excluding hydrogens is 371 g/mol. The number of nitrogens with one attached hydrogen (secondary N) is 2. The molecule has 0 saturated carbocycles. The summed E-state index contributed by atoms with van der Waals surface area (Å²) in [6.07, 6.45) is 2.66. The predicted octanol–water partition coefficient (Wildman–Crippen LogP) is 3.11. The highest BCUT2D eigenvalue weighted by Gasteiger charge is 2.16. The molecule has 0 unspecified atom stereocenters. The van der Waals surface area contributed by atoms with Crippen LogP contribution in [-0.2, 0) is 13.1 Å². The molecule has 1 amide bonds. The Hall–Kier alpha value is -1.75. The lowest BCUT2D eigenvalue weighted by Gasteiger charge is -2.12. The van der Waals surface area contributed by atoms with E-state index in [0.717, 1.165) is 12.1 Å². The van der Waals surface area contributed by atoms with Gasteiger partial charge in [0, 0.05) is 30.5 Å². The molecule has 6 heteroatoms. The van der Waals surface area contributed by atoms with Crippen LogP contribution < -0.4 is 15.0 Å². The van der Waals surface area contributed by atoms with E-state index in [9.17, 15) is 4.79 Å². The molecule has 26 heavy (non-hydrogen) atoms. The molecule has 2 aromatic rings. The summed E-state index contributed by atoms with van der Waals surface area (Å²) in [4.78, 5) is 14.0. The van der Waals surface area contributed by atoms with E-state index in [1.807, 2.05) is 0 Å². The highest BCUT2D eigenvalue weighted by atomic mass is 35.5. The summed E-state index contributed by atoms with van der Waals surface area (Å²) >= 11 is 12.2. The number of amides is 1. The van der Waals surface area contributed by atoms with Crippen molar-refractivity contribution in [3.8, 4) is 5.75 Å². The standard InChI is InChI=1S/C20H22Cl2N2O2/c1-26-19-17(21)10-16(11-18(19)22)20(25)23-12-14-4-6-15(7-5-14)13-24-8-2-3-9-24/h4-7,10-11H,2-3,8-9,12-13H2,1H3,(H,23,25)/p+1. The Morgan fingerprint density at radius 2 is 1.65 bits per heavy atom. The Morgan fingerprint density at radius 1 is 1.08 bits per heavy atom. The molecule has 1 aliphatic rings. The second-order valence-corrected chi connectivity index (χ2v) is 7.42. The number of hydrogen-bond donors (Lipinski definition) is 2. The summed E-state index contributed by atoms with van der Waals surface area (Å²) < 4.78 is 5.10. The molecule has 0 spiro atoms. The van der Waals surface area contributed by atoms with Gasteiger partial charge < -0.3 is 15.0 Å². The van der Waals surface area contributed by atoms with Gasteiger partial charge in [-0.2, -0.15) is 0 Å². The fraction of sp³-hybridized carbons (Fsp3) is 0.350. The number of carbonyl (C=O) groups excluding carboxylic acids is 1. The summed E-state index contributed by atoms with van der Waals surface area (Å²) in [5.41, 5.74) is 2.81. The Bertz CT molecular complexity index is 749. The number of likely N-dealkylation sites (tertiary alicyclic amines) is 1. The molecule has 0 aromatic heterocycles. The Labute approximate surface area is 164 Å². The Morgan fingerprint density at radius 3 is 2.23 bits per heavy atom. The van der Waals surface area contributed by atoms with Gasteiger partial charge in [-0.05, 0) is 17.7 Å². The topological polar surface area (TPSA) is 42.8 Å². The van der Waals surface area contributed by atoms with Gasteiger partial charge in [0.15, 0.2) is 5.75 Å². The molecule has 0 atom stereocenters. The third kappa shape index (κ3) is 4.70. The quantitative estimate of drug-likeness (QED) is 0.791. The van der Waals surface area contributed by atoms with E-state index >= 15 is 0 Å². The largest absolute Gasteiger partial charge is 0.494 e. The maximum absolute atomic E-state index is 12.3. The van der Waals surface area contributed by atoms with Gasteiger partial charge in [0.05, 0.1) is 30.2 Å². The lowest BCUT2D eigenvalue weighted by molar-refractivity contribution is -0.901. The second-order valence-electron chi connectivity index (χ2n) is 6.61. The minimum absolute atomic E-state index is 0.220. The summed E-state index contributed by atoms with van der Waals surface area (Å²) in [6, 6.07) is 11.5. The maximum Gasteiger partial charge on any atom is 0.251 e. The van der Waals surface area contributed by atoms with Crippen molar-refractivity contribution < 1.29 is 14.4 Å². The summed E-state index contributed by atoms with van der Waals surface area (Å²) in [5, 5.41) is 3.53. The van der Waals surface area contributed by atoms with Crippen molar-refractivity contribution in [1.29, 1.82) is 0 Å². The molecule has 0 radical (unpaired) electrons. The number of ether oxygens (including phenoxy) is 1. The lowest BCUT2D eigenvalue weighted by Crippen LogP contribution is -3.08. The number of hydrogen-bond acceptors (Lipinski definition) is 2. The maximum atomic E-state index is 12.3. The van der Waals surface area contributed by atoms with Crippen LogP contribution in [0, 0.1) is 0 Å². The first kappa shape index (κ1) is 19.0. The molecule has 3 rings (SSSR count). The molecule has 0 bridgehead atoms. The highest BCUT2D eigenvalue weighted by Crippen LogP contribution is 2.33. The van der Waals surface area contributed by atoms with E-state index in [4.69, 9.17) is 27.9 Å². The number of quaternary nitrogens is 1. The number of benzene rings is 2. The lowest BCUT2D eigenvalue weighted by atomic mass is 10.1. The molecule has 1 heterocycles. The van der Waals surface area contributed by atoms with Crippen LogP contribution in [0.5, 0.6) is 5.75 Å². The van der Waals surface area contributed by atoms with Crippen molar-refractivity contribution in [2.75, 3.05) is 20.2 Å². The zero-order valence-electron chi connectivity index (χ0n) is 14.8. The first-order chi connectivity index (χ1) is 12.6. The monoisotopic (exact) mass is 393 g/mol. The predicted molar refractivity (Wildman–Crippen MR) is 104 cm³/mol. The van der Waals surface area contributed by atoms with Gasteiger partial charge in [0.25, 0.3) is 5.91 Å². The van der Waals surface area contributed by atoms with Gasteiger partial charge in [0.1, 0.15) is 6.54 Å². The van der Waals surface area contributed by atoms with E-state index in [1.54, 1.807) is 17.0 Å². The van der Waals surface area contributed by atoms with Gasteiger partial charge in [-0.25, -0.2) is 0 Å². The summed E-state index contributed by atoms with van der Waals surface area (Å²) in [5.74, 6) is 0.155. The number of rotatable bonds is 6. The Kier molecular flexibility index (Phi) is 6.41. The SMILES string of the molecule is COc1c(Cl)cc(C(=O)NCc2ccc(C[NH+]3CCCC3)cc2)cc1Cl. The fourth-order valence-corrected chi connectivity index (χ4v) is 3.93. The molecule has 2 N–H and O–H groups in total. The van der Waals surface area contributed by atoms with E-state index < -0.39 is 0 Å². The van der Waals surface area contributed by atoms with Crippen LogP contribution in [0.25, 0.3) is 0 Å². The van der Waals surface area contributed by atoms with Crippen LogP contribution in [0.4, 0.5) is 0 Å². The minimum atomic E-state index is -0.220.